The highest BCUT2D eigenvalue weighted by molar-refractivity contribution is 5.15. The molecule has 0 radical (unpaired) electrons. The standard InChI is InChI=1S/C18H24N4O2/c1-21-11-14(9-20-21)12-22-8-6-18-17(22)5-4-16(24-18)13-23-15-3-2-7-19-10-15/h2-3,7,9-11,16-18H,4-6,8,12-13H2,1H3/t16-,17+,18+/m1/s1. The molecule has 0 saturated carbocycles. The minimum Gasteiger partial charge on any atom is -0.489 e. The third kappa shape index (κ3) is 3.44. The molecule has 0 amide bonds. The summed E-state index contributed by atoms with van der Waals surface area (Å²) >= 11 is 0. The molecule has 2 aliphatic rings. The average molecular weight is 328 g/mol. The molecule has 2 fully saturated rings. The zero-order chi connectivity index (χ0) is 16.4. The van der Waals surface area contributed by atoms with E-state index in [1.54, 1.807) is 12.4 Å². The summed E-state index contributed by atoms with van der Waals surface area (Å²) < 4.78 is 14.0. The Bertz CT molecular complexity index is 660. The molecule has 0 spiro atoms. The van der Waals surface area contributed by atoms with Crippen molar-refractivity contribution < 1.29 is 9.47 Å². The molecule has 128 valence electrons. The molecule has 0 unspecified atom stereocenters. The van der Waals surface area contributed by atoms with E-state index >= 15 is 0 Å². The zero-order valence-electron chi connectivity index (χ0n) is 14.0. The van der Waals surface area contributed by atoms with Crippen LogP contribution in [0.4, 0.5) is 0 Å². The van der Waals surface area contributed by atoms with Crippen LogP contribution in [0.15, 0.2) is 36.9 Å². The lowest BCUT2D eigenvalue weighted by molar-refractivity contribution is -0.0841. The fourth-order valence-corrected chi connectivity index (χ4v) is 3.81. The zero-order valence-corrected chi connectivity index (χ0v) is 14.0. The van der Waals surface area contributed by atoms with Gasteiger partial charge in [-0.15, -0.1) is 0 Å². The van der Waals surface area contributed by atoms with E-state index in [0.29, 0.717) is 18.8 Å². The second-order valence-electron chi connectivity index (χ2n) is 6.72. The highest BCUT2D eigenvalue weighted by atomic mass is 16.5. The van der Waals surface area contributed by atoms with Gasteiger partial charge in [-0.05, 0) is 31.4 Å². The largest absolute Gasteiger partial charge is 0.489 e. The van der Waals surface area contributed by atoms with E-state index in [4.69, 9.17) is 9.47 Å². The van der Waals surface area contributed by atoms with Crippen molar-refractivity contribution in [3.05, 3.63) is 42.5 Å². The molecular weight excluding hydrogens is 304 g/mol. The first-order chi connectivity index (χ1) is 11.8. The highest BCUT2D eigenvalue weighted by Crippen LogP contribution is 2.32. The van der Waals surface area contributed by atoms with Crippen molar-refractivity contribution in [2.75, 3.05) is 13.2 Å². The van der Waals surface area contributed by atoms with Gasteiger partial charge in [-0.25, -0.2) is 0 Å². The highest BCUT2D eigenvalue weighted by Gasteiger charge is 2.39. The van der Waals surface area contributed by atoms with Crippen molar-refractivity contribution in [2.45, 2.75) is 44.1 Å². The summed E-state index contributed by atoms with van der Waals surface area (Å²) in [4.78, 5) is 6.62. The van der Waals surface area contributed by atoms with E-state index in [1.807, 2.05) is 30.1 Å². The monoisotopic (exact) mass is 328 g/mol. The molecule has 6 heteroatoms. The fourth-order valence-electron chi connectivity index (χ4n) is 3.81. The normalized spacial score (nSPS) is 27.1. The Kier molecular flexibility index (Phi) is 4.49. The van der Waals surface area contributed by atoms with Crippen LogP contribution in [0.2, 0.25) is 0 Å². The minimum absolute atomic E-state index is 0.185. The van der Waals surface area contributed by atoms with Gasteiger partial charge in [-0.2, -0.15) is 5.10 Å². The number of nitrogens with zero attached hydrogens (tertiary/aromatic N) is 4. The molecule has 0 N–H and O–H groups in total. The van der Waals surface area contributed by atoms with Crippen LogP contribution in [0.3, 0.4) is 0 Å². The fraction of sp³-hybridized carbons (Fsp3) is 0.556. The lowest BCUT2D eigenvalue weighted by atomic mass is 9.99. The molecular formula is C18H24N4O2. The number of hydrogen-bond acceptors (Lipinski definition) is 5. The van der Waals surface area contributed by atoms with E-state index in [1.165, 1.54) is 12.0 Å². The van der Waals surface area contributed by atoms with E-state index in [9.17, 15) is 0 Å². The maximum absolute atomic E-state index is 6.30. The molecule has 4 rings (SSSR count). The van der Waals surface area contributed by atoms with E-state index in [2.05, 4.69) is 21.2 Å². The predicted octanol–water partition coefficient (Wildman–Crippen LogP) is 2.02. The summed E-state index contributed by atoms with van der Waals surface area (Å²) in [5.74, 6) is 0.813. The topological polar surface area (TPSA) is 52.4 Å². The quantitative estimate of drug-likeness (QED) is 0.840. The van der Waals surface area contributed by atoms with Gasteiger partial charge in [0.2, 0.25) is 0 Å². The van der Waals surface area contributed by atoms with Gasteiger partial charge < -0.3 is 9.47 Å². The van der Waals surface area contributed by atoms with Gasteiger partial charge in [0.05, 0.1) is 24.6 Å². The van der Waals surface area contributed by atoms with Crippen LogP contribution in [0.1, 0.15) is 24.8 Å². The Labute approximate surface area is 142 Å². The molecule has 24 heavy (non-hydrogen) atoms. The maximum Gasteiger partial charge on any atom is 0.137 e. The van der Waals surface area contributed by atoms with Crippen molar-refractivity contribution in [1.29, 1.82) is 0 Å². The molecule has 2 saturated heterocycles. The third-order valence-corrected chi connectivity index (χ3v) is 4.96. The molecule has 2 aromatic rings. The SMILES string of the molecule is Cn1cc(CN2CC[C@@H]3O[C@@H](COc4cccnc4)CC[C@@H]32)cn1. The second-order valence-corrected chi connectivity index (χ2v) is 6.72. The molecule has 0 bridgehead atoms. The molecule has 2 aromatic heterocycles. The Balaban J connectivity index is 1.29. The Morgan fingerprint density at radius 1 is 1.29 bits per heavy atom. The summed E-state index contributed by atoms with van der Waals surface area (Å²) in [5, 5.41) is 4.27. The second kappa shape index (κ2) is 6.91. The number of ether oxygens (including phenoxy) is 2. The van der Waals surface area contributed by atoms with Gasteiger partial charge in [0.15, 0.2) is 0 Å². The van der Waals surface area contributed by atoms with Gasteiger partial charge in [0.1, 0.15) is 12.4 Å². The van der Waals surface area contributed by atoms with Crippen LogP contribution in [-0.2, 0) is 18.3 Å². The minimum atomic E-state index is 0.185. The van der Waals surface area contributed by atoms with Crippen LogP contribution in [0, 0.1) is 0 Å². The summed E-state index contributed by atoms with van der Waals surface area (Å²) in [7, 11) is 1.97. The Morgan fingerprint density at radius 2 is 2.25 bits per heavy atom. The molecule has 6 nitrogen and oxygen atoms in total. The van der Waals surface area contributed by atoms with Gasteiger partial charge in [-0.3, -0.25) is 14.6 Å². The first-order valence-corrected chi connectivity index (χ1v) is 8.68. The van der Waals surface area contributed by atoms with Crippen molar-refractivity contribution >= 4 is 0 Å². The number of hydrogen-bond donors (Lipinski definition) is 0. The van der Waals surface area contributed by atoms with Gasteiger partial charge in [-0.1, -0.05) is 0 Å². The first-order valence-electron chi connectivity index (χ1n) is 8.68. The van der Waals surface area contributed by atoms with Crippen LogP contribution in [0.25, 0.3) is 0 Å². The van der Waals surface area contributed by atoms with Gasteiger partial charge >= 0.3 is 0 Å². The number of likely N-dealkylation sites (tertiary alicyclic amines) is 1. The third-order valence-electron chi connectivity index (χ3n) is 4.96. The lowest BCUT2D eigenvalue weighted by Crippen LogP contribution is -2.43. The summed E-state index contributed by atoms with van der Waals surface area (Å²) in [6, 6.07) is 4.35. The van der Waals surface area contributed by atoms with Crippen LogP contribution >= 0.6 is 0 Å². The smallest absolute Gasteiger partial charge is 0.137 e. The number of rotatable bonds is 5. The average Bonchev–Trinajstić information content (AvgIpc) is 3.20. The number of fused-ring (bicyclic) bond motifs is 1. The van der Waals surface area contributed by atoms with Crippen LogP contribution < -0.4 is 4.74 Å². The van der Waals surface area contributed by atoms with Gasteiger partial charge in [0, 0.05) is 44.1 Å². The van der Waals surface area contributed by atoms with Gasteiger partial charge in [0.25, 0.3) is 0 Å². The first kappa shape index (κ1) is 15.6. The maximum atomic E-state index is 6.30. The molecule has 2 aliphatic heterocycles. The van der Waals surface area contributed by atoms with E-state index in [-0.39, 0.29) is 6.10 Å². The lowest BCUT2D eigenvalue weighted by Gasteiger charge is -2.35. The number of aryl methyl sites for hydroxylation is 1. The molecule has 0 aromatic carbocycles. The van der Waals surface area contributed by atoms with Crippen LogP contribution in [-0.4, -0.2) is 51.1 Å². The number of aromatic nitrogens is 3. The Morgan fingerprint density at radius 3 is 3.04 bits per heavy atom. The molecule has 0 aliphatic carbocycles. The molecule has 4 heterocycles. The van der Waals surface area contributed by atoms with Crippen LogP contribution in [0.5, 0.6) is 5.75 Å². The summed E-state index contributed by atoms with van der Waals surface area (Å²) in [5.41, 5.74) is 1.28. The van der Waals surface area contributed by atoms with E-state index < -0.39 is 0 Å². The van der Waals surface area contributed by atoms with Crippen molar-refractivity contribution in [3.63, 3.8) is 0 Å². The summed E-state index contributed by atoms with van der Waals surface area (Å²) in [6.45, 7) is 2.67. The predicted molar refractivity (Wildman–Crippen MR) is 89.7 cm³/mol. The molecule has 3 atom stereocenters. The van der Waals surface area contributed by atoms with Crippen molar-refractivity contribution in [2.24, 2.45) is 7.05 Å². The Hall–Kier alpha value is -1.92. The van der Waals surface area contributed by atoms with Crippen molar-refractivity contribution in [3.8, 4) is 5.75 Å². The number of pyridine rings is 1. The summed E-state index contributed by atoms with van der Waals surface area (Å²) in [6.07, 6.45) is 11.4. The van der Waals surface area contributed by atoms with E-state index in [0.717, 1.165) is 31.7 Å². The van der Waals surface area contributed by atoms with Crippen molar-refractivity contribution in [1.82, 2.24) is 19.7 Å².